The lowest BCUT2D eigenvalue weighted by Crippen LogP contribution is -2.27. The van der Waals surface area contributed by atoms with Gasteiger partial charge in [-0.25, -0.2) is 8.78 Å². The average Bonchev–Trinajstić information content (AvgIpc) is 2.96. The Morgan fingerprint density at radius 2 is 2.15 bits per heavy atom. The third-order valence-corrected chi connectivity index (χ3v) is 5.38. The van der Waals surface area contributed by atoms with Crippen molar-refractivity contribution in [2.45, 2.75) is 19.3 Å². The highest BCUT2D eigenvalue weighted by atomic mass is 32.1. The van der Waals surface area contributed by atoms with Crippen LogP contribution in [-0.2, 0) is 11.2 Å². The second-order valence-electron chi connectivity index (χ2n) is 6.47. The highest BCUT2D eigenvalue weighted by Crippen LogP contribution is 2.37. The molecule has 0 spiro atoms. The maximum absolute atomic E-state index is 13.5. The smallest absolute Gasteiger partial charge is 0.307 e. The molecule has 0 bridgehead atoms. The molecule has 0 fully saturated rings. The van der Waals surface area contributed by atoms with E-state index in [0.717, 1.165) is 22.6 Å². The first-order valence-corrected chi connectivity index (χ1v) is 9.07. The van der Waals surface area contributed by atoms with Gasteiger partial charge < -0.3 is 14.9 Å². The number of benzene rings is 1. The zero-order valence-corrected chi connectivity index (χ0v) is 15.4. The van der Waals surface area contributed by atoms with Crippen LogP contribution in [-0.4, -0.2) is 28.7 Å². The molecule has 2 N–H and O–H groups in total. The van der Waals surface area contributed by atoms with Crippen LogP contribution in [0.5, 0.6) is 5.75 Å². The van der Waals surface area contributed by atoms with Crippen molar-refractivity contribution in [2.24, 2.45) is 5.92 Å². The van der Waals surface area contributed by atoms with Crippen molar-refractivity contribution in [1.82, 2.24) is 0 Å². The Morgan fingerprint density at radius 1 is 1.41 bits per heavy atom. The normalized spacial score (nSPS) is 17.6. The van der Waals surface area contributed by atoms with Gasteiger partial charge in [0.15, 0.2) is 0 Å². The molecule has 0 radical (unpaired) electrons. The van der Waals surface area contributed by atoms with E-state index in [1.807, 2.05) is 0 Å². The minimum atomic E-state index is -3.01. The zero-order valence-electron chi connectivity index (χ0n) is 14.5. The Bertz CT molecular complexity index is 966. The molecule has 1 aromatic heterocycles. The quantitative estimate of drug-likeness (QED) is 0.716. The zero-order chi connectivity index (χ0) is 19.8. The van der Waals surface area contributed by atoms with Crippen LogP contribution in [0.15, 0.2) is 59.2 Å². The molecule has 1 aromatic carbocycles. The van der Waals surface area contributed by atoms with Crippen LogP contribution in [0.25, 0.3) is 10.1 Å². The van der Waals surface area contributed by atoms with Crippen LogP contribution in [0.1, 0.15) is 12.5 Å². The summed E-state index contributed by atoms with van der Waals surface area (Å²) in [5.74, 6) is -4.88. The van der Waals surface area contributed by atoms with Crippen molar-refractivity contribution in [3.8, 4) is 5.75 Å². The number of carboxylic acid groups (broad SMARTS) is 1. The first kappa shape index (κ1) is 19.1. The molecule has 27 heavy (non-hydrogen) atoms. The van der Waals surface area contributed by atoms with Crippen molar-refractivity contribution in [1.29, 1.82) is 0 Å². The van der Waals surface area contributed by atoms with E-state index in [2.05, 4.69) is 6.58 Å². The Balaban J connectivity index is 1.73. The van der Waals surface area contributed by atoms with E-state index in [1.54, 1.807) is 23.6 Å². The van der Waals surface area contributed by atoms with Crippen molar-refractivity contribution >= 4 is 27.4 Å². The maximum Gasteiger partial charge on any atom is 0.307 e. The predicted octanol–water partition coefficient (Wildman–Crippen LogP) is 5.12. The number of fused-ring (bicyclic) bond motifs is 1. The largest absolute Gasteiger partial charge is 0.507 e. The predicted molar refractivity (Wildman–Crippen MR) is 101 cm³/mol. The second kappa shape index (κ2) is 7.15. The summed E-state index contributed by atoms with van der Waals surface area (Å²) in [7, 11) is 0. The molecule has 4 nitrogen and oxygen atoms in total. The SMILES string of the molecule is C=C1C(O)=C(COc2ccc3c(CC(=O)O)csc3c2)C=CC1C(C)(F)F. The molecule has 2 aromatic rings. The fraction of sp³-hybridized carbons (Fsp3) is 0.250. The minimum Gasteiger partial charge on any atom is -0.507 e. The van der Waals surface area contributed by atoms with Gasteiger partial charge in [-0.2, -0.15) is 0 Å². The molecule has 7 heteroatoms. The summed E-state index contributed by atoms with van der Waals surface area (Å²) in [6.07, 6.45) is 2.71. The molecular formula is C20H18F2O4S. The number of aliphatic carboxylic acids is 1. The van der Waals surface area contributed by atoms with E-state index in [9.17, 15) is 18.7 Å². The number of thiophene rings is 1. The molecule has 1 heterocycles. The summed E-state index contributed by atoms with van der Waals surface area (Å²) in [6.45, 7) is 4.37. The van der Waals surface area contributed by atoms with Gasteiger partial charge in [-0.3, -0.25) is 4.79 Å². The Morgan fingerprint density at radius 3 is 2.81 bits per heavy atom. The monoisotopic (exact) mass is 392 g/mol. The summed E-state index contributed by atoms with van der Waals surface area (Å²) in [6, 6.07) is 5.28. The Labute approximate surface area is 158 Å². The summed E-state index contributed by atoms with van der Waals surface area (Å²) >= 11 is 1.42. The van der Waals surface area contributed by atoms with Crippen molar-refractivity contribution in [3.05, 3.63) is 64.8 Å². The van der Waals surface area contributed by atoms with Crippen LogP contribution in [0.2, 0.25) is 0 Å². The van der Waals surface area contributed by atoms with E-state index in [1.165, 1.54) is 23.5 Å². The third kappa shape index (κ3) is 4.03. The van der Waals surface area contributed by atoms with E-state index in [0.29, 0.717) is 11.3 Å². The molecule has 1 aliphatic carbocycles. The lowest BCUT2D eigenvalue weighted by atomic mass is 9.86. The number of aliphatic hydroxyl groups excluding tert-OH is 1. The van der Waals surface area contributed by atoms with Gasteiger partial charge in [-0.15, -0.1) is 11.3 Å². The fourth-order valence-electron chi connectivity index (χ4n) is 2.97. The number of halogens is 2. The second-order valence-corrected chi connectivity index (χ2v) is 7.38. The standard InChI is InChI=1S/C20H18F2O4S/c1-11-16(20(2,21)22)6-3-12(19(11)25)9-26-14-4-5-15-13(7-18(23)24)10-27-17(15)8-14/h3-6,8,10,16,25H,1,7,9H2,2H3,(H,23,24). The molecule has 0 saturated heterocycles. The average molecular weight is 392 g/mol. The van der Waals surface area contributed by atoms with Crippen molar-refractivity contribution < 1.29 is 28.5 Å². The van der Waals surface area contributed by atoms with Gasteiger partial charge in [-0.1, -0.05) is 18.7 Å². The van der Waals surface area contributed by atoms with Crippen LogP contribution in [0.3, 0.4) is 0 Å². The van der Waals surface area contributed by atoms with Crippen LogP contribution < -0.4 is 4.74 Å². The van der Waals surface area contributed by atoms with E-state index < -0.39 is 17.8 Å². The van der Waals surface area contributed by atoms with Gasteiger partial charge in [0.2, 0.25) is 0 Å². The van der Waals surface area contributed by atoms with Gasteiger partial charge in [0.05, 0.1) is 12.3 Å². The fourth-order valence-corrected chi connectivity index (χ4v) is 3.96. The van der Waals surface area contributed by atoms with E-state index >= 15 is 0 Å². The number of aliphatic hydroxyl groups is 1. The number of hydrogen-bond acceptors (Lipinski definition) is 4. The van der Waals surface area contributed by atoms with Crippen molar-refractivity contribution in [3.63, 3.8) is 0 Å². The highest BCUT2D eigenvalue weighted by molar-refractivity contribution is 7.17. The topological polar surface area (TPSA) is 66.8 Å². The molecule has 0 amide bonds. The number of allylic oxidation sites excluding steroid dienone is 2. The lowest BCUT2D eigenvalue weighted by Gasteiger charge is -2.26. The minimum absolute atomic E-state index is 0.00221. The van der Waals surface area contributed by atoms with Crippen LogP contribution in [0.4, 0.5) is 8.78 Å². The molecule has 0 saturated carbocycles. The van der Waals surface area contributed by atoms with Crippen LogP contribution >= 0.6 is 11.3 Å². The molecule has 1 aliphatic rings. The number of rotatable bonds is 6. The number of carbonyl (C=O) groups is 1. The molecule has 0 aliphatic heterocycles. The van der Waals surface area contributed by atoms with E-state index in [4.69, 9.17) is 9.84 Å². The van der Waals surface area contributed by atoms with Gasteiger partial charge in [0.1, 0.15) is 18.1 Å². The summed E-state index contributed by atoms with van der Waals surface area (Å²) < 4.78 is 33.6. The van der Waals surface area contributed by atoms with Gasteiger partial charge in [0, 0.05) is 17.2 Å². The maximum atomic E-state index is 13.5. The Kier molecular flexibility index (Phi) is 5.06. The third-order valence-electron chi connectivity index (χ3n) is 4.38. The van der Waals surface area contributed by atoms with Crippen molar-refractivity contribution in [2.75, 3.05) is 6.61 Å². The molecule has 1 unspecified atom stereocenters. The number of hydrogen-bond donors (Lipinski definition) is 2. The number of ether oxygens (including phenoxy) is 1. The first-order chi connectivity index (χ1) is 12.7. The molecule has 142 valence electrons. The number of alkyl halides is 2. The molecule has 3 rings (SSSR count). The van der Waals surface area contributed by atoms with Gasteiger partial charge in [0.25, 0.3) is 5.92 Å². The summed E-state index contributed by atoms with van der Waals surface area (Å²) in [4.78, 5) is 10.9. The summed E-state index contributed by atoms with van der Waals surface area (Å²) in [5.41, 5.74) is 1.08. The molecular weight excluding hydrogens is 374 g/mol. The van der Waals surface area contributed by atoms with Gasteiger partial charge >= 0.3 is 5.97 Å². The number of carboxylic acids is 1. The van der Waals surface area contributed by atoms with E-state index in [-0.39, 0.29) is 24.4 Å². The Hall–Kier alpha value is -2.67. The first-order valence-electron chi connectivity index (χ1n) is 8.19. The van der Waals surface area contributed by atoms with Crippen LogP contribution in [0, 0.1) is 5.92 Å². The molecule has 1 atom stereocenters. The highest BCUT2D eigenvalue weighted by Gasteiger charge is 2.37. The van der Waals surface area contributed by atoms with Gasteiger partial charge in [-0.05, 0) is 40.1 Å². The lowest BCUT2D eigenvalue weighted by molar-refractivity contribution is -0.136. The summed E-state index contributed by atoms with van der Waals surface area (Å²) in [5, 5.41) is 21.8.